The molecule has 0 N–H and O–H groups in total. The van der Waals surface area contributed by atoms with Crippen LogP contribution in [-0.4, -0.2) is 22.5 Å². The predicted molar refractivity (Wildman–Crippen MR) is 89.3 cm³/mol. The van der Waals surface area contributed by atoms with Crippen LogP contribution >= 0.6 is 0 Å². The molecule has 2 aromatic carbocycles. The number of amides is 2. The highest BCUT2D eigenvalue weighted by molar-refractivity contribution is 6.25. The van der Waals surface area contributed by atoms with Crippen LogP contribution in [0.3, 0.4) is 0 Å². The SMILES string of the molecule is C/C(=N\N1C(=O)c2cccc3cccc(c23)C1=O)C1C=CC=C1. The van der Waals surface area contributed by atoms with E-state index in [1.165, 1.54) is 0 Å². The highest BCUT2D eigenvalue weighted by atomic mass is 16.2. The number of rotatable bonds is 2. The van der Waals surface area contributed by atoms with Crippen LogP contribution in [0.25, 0.3) is 10.8 Å². The van der Waals surface area contributed by atoms with Gasteiger partial charge in [0.15, 0.2) is 0 Å². The number of nitrogens with zero attached hydrogens (tertiary/aromatic N) is 2. The van der Waals surface area contributed by atoms with Gasteiger partial charge in [-0.1, -0.05) is 48.6 Å². The van der Waals surface area contributed by atoms with Gasteiger partial charge >= 0.3 is 0 Å². The van der Waals surface area contributed by atoms with E-state index in [1.807, 2.05) is 55.5 Å². The number of allylic oxidation sites excluding steroid dienone is 4. The number of hydrogen-bond donors (Lipinski definition) is 0. The van der Waals surface area contributed by atoms with Gasteiger partial charge in [-0.2, -0.15) is 10.1 Å². The summed E-state index contributed by atoms with van der Waals surface area (Å²) in [7, 11) is 0. The third-order valence-electron chi connectivity index (χ3n) is 4.24. The molecule has 0 saturated heterocycles. The average molecular weight is 302 g/mol. The van der Waals surface area contributed by atoms with Gasteiger partial charge in [-0.05, 0) is 24.4 Å². The van der Waals surface area contributed by atoms with Gasteiger partial charge in [-0.25, -0.2) is 0 Å². The van der Waals surface area contributed by atoms with E-state index in [0.717, 1.165) is 15.8 Å². The summed E-state index contributed by atoms with van der Waals surface area (Å²) in [5, 5.41) is 6.92. The summed E-state index contributed by atoms with van der Waals surface area (Å²) in [5.74, 6) is -0.710. The minimum absolute atomic E-state index is 0.0311. The third kappa shape index (κ3) is 2.03. The van der Waals surface area contributed by atoms with Crippen LogP contribution < -0.4 is 0 Å². The van der Waals surface area contributed by atoms with E-state index in [1.54, 1.807) is 12.1 Å². The van der Waals surface area contributed by atoms with E-state index in [9.17, 15) is 9.59 Å². The second-order valence-corrected chi connectivity index (χ2v) is 5.67. The minimum atomic E-state index is -0.371. The molecule has 0 spiro atoms. The van der Waals surface area contributed by atoms with Gasteiger partial charge in [0.1, 0.15) is 0 Å². The first-order valence-electron chi connectivity index (χ1n) is 7.47. The van der Waals surface area contributed by atoms with Gasteiger partial charge < -0.3 is 0 Å². The number of carbonyl (C=O) groups excluding carboxylic acids is 2. The Morgan fingerprint density at radius 1 is 0.957 bits per heavy atom. The summed E-state index contributed by atoms with van der Waals surface area (Å²) in [6.45, 7) is 1.83. The topological polar surface area (TPSA) is 49.7 Å². The number of hydrazone groups is 1. The van der Waals surface area contributed by atoms with Crippen molar-refractivity contribution in [3.8, 4) is 0 Å². The summed E-state index contributed by atoms with van der Waals surface area (Å²) in [4.78, 5) is 25.5. The molecule has 0 bridgehead atoms. The van der Waals surface area contributed by atoms with E-state index in [4.69, 9.17) is 0 Å². The van der Waals surface area contributed by atoms with Crippen LogP contribution in [0, 0.1) is 5.92 Å². The smallest absolute Gasteiger partial charge is 0.267 e. The standard InChI is InChI=1S/C19H14N2O2/c1-12(13-6-2-3-7-13)20-21-18(22)15-10-4-8-14-9-5-11-16(17(14)15)19(21)23/h2-11,13H,1H3/b20-12+. The van der Waals surface area contributed by atoms with Crippen molar-refractivity contribution in [1.82, 2.24) is 5.01 Å². The first kappa shape index (κ1) is 13.6. The average Bonchev–Trinajstić information content (AvgIpc) is 3.11. The summed E-state index contributed by atoms with van der Waals surface area (Å²) in [5.41, 5.74) is 1.75. The maximum absolute atomic E-state index is 12.7. The van der Waals surface area contributed by atoms with E-state index < -0.39 is 0 Å². The van der Waals surface area contributed by atoms with Gasteiger partial charge in [-0.15, -0.1) is 0 Å². The molecule has 0 fully saturated rings. The Kier molecular flexibility index (Phi) is 2.98. The fourth-order valence-electron chi connectivity index (χ4n) is 3.04. The lowest BCUT2D eigenvalue weighted by Gasteiger charge is -2.24. The molecule has 4 rings (SSSR count). The molecule has 0 aromatic heterocycles. The molecule has 2 amide bonds. The Hall–Kier alpha value is -3.01. The summed E-state index contributed by atoms with van der Waals surface area (Å²) in [6.07, 6.45) is 7.82. The van der Waals surface area contributed by atoms with Crippen LogP contribution in [0.15, 0.2) is 65.8 Å². The molecule has 0 atom stereocenters. The number of carbonyl (C=O) groups is 2. The fraction of sp³-hybridized carbons (Fsp3) is 0.105. The highest BCUT2D eigenvalue weighted by Gasteiger charge is 2.33. The van der Waals surface area contributed by atoms with Crippen molar-refractivity contribution in [2.75, 3.05) is 0 Å². The maximum Gasteiger partial charge on any atom is 0.282 e. The second-order valence-electron chi connectivity index (χ2n) is 5.67. The molecule has 0 unspecified atom stereocenters. The van der Waals surface area contributed by atoms with Crippen molar-refractivity contribution in [1.29, 1.82) is 0 Å². The first-order chi connectivity index (χ1) is 11.2. The molecule has 0 radical (unpaired) electrons. The third-order valence-corrected chi connectivity index (χ3v) is 4.24. The molecule has 1 heterocycles. The molecule has 112 valence electrons. The zero-order valence-electron chi connectivity index (χ0n) is 12.6. The number of imide groups is 1. The summed E-state index contributed by atoms with van der Waals surface area (Å²) in [6, 6.07) is 10.9. The zero-order valence-corrected chi connectivity index (χ0v) is 12.6. The quantitative estimate of drug-likeness (QED) is 0.629. The molecular weight excluding hydrogens is 288 g/mol. The largest absolute Gasteiger partial charge is 0.282 e. The van der Waals surface area contributed by atoms with E-state index in [0.29, 0.717) is 16.8 Å². The Morgan fingerprint density at radius 2 is 1.52 bits per heavy atom. The zero-order chi connectivity index (χ0) is 16.0. The van der Waals surface area contributed by atoms with E-state index >= 15 is 0 Å². The van der Waals surface area contributed by atoms with E-state index in [2.05, 4.69) is 5.10 Å². The number of hydrogen-bond acceptors (Lipinski definition) is 3. The fourth-order valence-corrected chi connectivity index (χ4v) is 3.04. The molecule has 4 heteroatoms. The summed E-state index contributed by atoms with van der Waals surface area (Å²) < 4.78 is 0. The Bertz CT molecular complexity index is 875. The normalized spacial score (nSPS) is 17.6. The predicted octanol–water partition coefficient (Wildman–Crippen LogP) is 3.55. The lowest BCUT2D eigenvalue weighted by atomic mass is 9.95. The van der Waals surface area contributed by atoms with Crippen LogP contribution in [-0.2, 0) is 0 Å². The molecule has 4 nitrogen and oxygen atoms in total. The Morgan fingerprint density at radius 3 is 2.09 bits per heavy atom. The molecule has 2 aliphatic rings. The van der Waals surface area contributed by atoms with Crippen molar-refractivity contribution in [2.45, 2.75) is 6.92 Å². The highest BCUT2D eigenvalue weighted by Crippen LogP contribution is 2.30. The minimum Gasteiger partial charge on any atom is -0.267 e. The molecule has 0 saturated carbocycles. The molecule has 2 aromatic rings. The van der Waals surface area contributed by atoms with Crippen molar-refractivity contribution in [3.63, 3.8) is 0 Å². The second kappa shape index (κ2) is 5.02. The molecule has 1 aliphatic carbocycles. The van der Waals surface area contributed by atoms with Gasteiger partial charge in [-0.3, -0.25) is 9.59 Å². The van der Waals surface area contributed by atoms with Crippen molar-refractivity contribution >= 4 is 28.3 Å². The van der Waals surface area contributed by atoms with Crippen molar-refractivity contribution < 1.29 is 9.59 Å². The Labute approximate surface area is 133 Å². The monoisotopic (exact) mass is 302 g/mol. The van der Waals surface area contributed by atoms with Crippen molar-refractivity contribution in [3.05, 3.63) is 71.8 Å². The lowest BCUT2D eigenvalue weighted by molar-refractivity contribution is 0.0614. The summed E-state index contributed by atoms with van der Waals surface area (Å²) >= 11 is 0. The lowest BCUT2D eigenvalue weighted by Crippen LogP contribution is -2.37. The molecule has 1 aliphatic heterocycles. The van der Waals surface area contributed by atoms with E-state index in [-0.39, 0.29) is 17.7 Å². The first-order valence-corrected chi connectivity index (χ1v) is 7.47. The molecule has 23 heavy (non-hydrogen) atoms. The van der Waals surface area contributed by atoms with Gasteiger partial charge in [0.05, 0.1) is 11.1 Å². The van der Waals surface area contributed by atoms with Crippen LogP contribution in [0.2, 0.25) is 0 Å². The van der Waals surface area contributed by atoms with Gasteiger partial charge in [0, 0.05) is 17.0 Å². The number of benzene rings is 2. The van der Waals surface area contributed by atoms with Crippen LogP contribution in [0.1, 0.15) is 27.6 Å². The van der Waals surface area contributed by atoms with Crippen LogP contribution in [0.5, 0.6) is 0 Å². The van der Waals surface area contributed by atoms with Crippen molar-refractivity contribution in [2.24, 2.45) is 11.0 Å². The molecular formula is C19H14N2O2. The Balaban J connectivity index is 1.85. The van der Waals surface area contributed by atoms with Gasteiger partial charge in [0.25, 0.3) is 11.8 Å². The maximum atomic E-state index is 12.7. The van der Waals surface area contributed by atoms with Gasteiger partial charge in [0.2, 0.25) is 0 Å². The van der Waals surface area contributed by atoms with Crippen LogP contribution in [0.4, 0.5) is 0 Å².